The first kappa shape index (κ1) is 23.1. The first-order chi connectivity index (χ1) is 13.8. The van der Waals surface area contributed by atoms with Crippen LogP contribution in [0.5, 0.6) is 5.75 Å². The molecule has 6 nitrogen and oxygen atoms in total. The molecule has 2 rings (SSSR count). The second-order valence-corrected chi connectivity index (χ2v) is 9.07. The summed E-state index contributed by atoms with van der Waals surface area (Å²) in [5.74, 6) is 4.66. The molecule has 0 aliphatic heterocycles. The lowest BCUT2D eigenvalue weighted by atomic mass is 9.94. The highest BCUT2D eigenvalue weighted by Gasteiger charge is 2.19. The van der Waals surface area contributed by atoms with E-state index in [-0.39, 0.29) is 5.41 Å². The van der Waals surface area contributed by atoms with Crippen molar-refractivity contribution >= 4 is 17.7 Å². The maximum atomic E-state index is 5.82. The molecule has 0 aliphatic carbocycles. The van der Waals surface area contributed by atoms with Crippen LogP contribution in [0.1, 0.15) is 46.3 Å². The smallest absolute Gasteiger partial charge is 0.216 e. The van der Waals surface area contributed by atoms with Gasteiger partial charge in [-0.1, -0.05) is 39.8 Å². The van der Waals surface area contributed by atoms with E-state index in [0.717, 1.165) is 36.3 Å². The summed E-state index contributed by atoms with van der Waals surface area (Å²) in [6.45, 7) is 12.6. The molecule has 1 atom stereocenters. The Kier molecular flexibility index (Phi) is 8.89. The summed E-state index contributed by atoms with van der Waals surface area (Å²) in [6.07, 6.45) is 1.79. The maximum Gasteiger partial charge on any atom is 0.216 e. The fourth-order valence-electron chi connectivity index (χ4n) is 2.52. The number of oxazole rings is 1. The van der Waals surface area contributed by atoms with E-state index in [1.807, 2.05) is 30.0 Å². The molecule has 2 aromatic rings. The van der Waals surface area contributed by atoms with Gasteiger partial charge < -0.3 is 19.8 Å². The number of thioether (sulfide) groups is 1. The summed E-state index contributed by atoms with van der Waals surface area (Å²) < 4.78 is 11.2. The Morgan fingerprint density at radius 1 is 1.28 bits per heavy atom. The van der Waals surface area contributed by atoms with Gasteiger partial charge in [0, 0.05) is 29.2 Å². The van der Waals surface area contributed by atoms with Crippen LogP contribution in [0, 0.1) is 5.92 Å². The molecule has 1 unspecified atom stereocenters. The molecule has 0 bridgehead atoms. The predicted octanol–water partition coefficient (Wildman–Crippen LogP) is 4.46. The molecule has 1 aromatic heterocycles. The molecule has 2 N–H and O–H groups in total. The van der Waals surface area contributed by atoms with E-state index in [1.165, 1.54) is 4.90 Å². The number of ether oxygens (including phenoxy) is 1. The lowest BCUT2D eigenvalue weighted by Gasteiger charge is -2.16. The van der Waals surface area contributed by atoms with Crippen LogP contribution in [0.15, 0.2) is 44.8 Å². The molecule has 0 radical (unpaired) electrons. The van der Waals surface area contributed by atoms with Crippen LogP contribution >= 0.6 is 11.8 Å². The van der Waals surface area contributed by atoms with Crippen LogP contribution < -0.4 is 15.4 Å². The first-order valence-corrected chi connectivity index (χ1v) is 11.0. The lowest BCUT2D eigenvalue weighted by Crippen LogP contribution is -2.39. The Balaban J connectivity index is 1.86. The van der Waals surface area contributed by atoms with Gasteiger partial charge in [0.1, 0.15) is 18.1 Å². The predicted molar refractivity (Wildman–Crippen MR) is 121 cm³/mol. The zero-order valence-corrected chi connectivity index (χ0v) is 19.2. The maximum absolute atomic E-state index is 5.82. The molecular formula is C22H34N4O2S. The summed E-state index contributed by atoms with van der Waals surface area (Å²) in [7, 11) is 1.71. The summed E-state index contributed by atoms with van der Waals surface area (Å²) >= 11 is 1.81. The van der Waals surface area contributed by atoms with Crippen LogP contribution in [0.4, 0.5) is 0 Å². The number of benzene rings is 1. The number of nitrogens with one attached hydrogen (secondary N) is 2. The van der Waals surface area contributed by atoms with Crippen molar-refractivity contribution in [3.8, 4) is 5.75 Å². The quantitative estimate of drug-likeness (QED) is 0.356. The highest BCUT2D eigenvalue weighted by atomic mass is 32.2. The summed E-state index contributed by atoms with van der Waals surface area (Å²) in [5, 5.41) is 6.70. The molecule has 0 saturated heterocycles. The van der Waals surface area contributed by atoms with Crippen molar-refractivity contribution in [2.45, 2.75) is 51.5 Å². The van der Waals surface area contributed by atoms with Crippen molar-refractivity contribution in [3.63, 3.8) is 0 Å². The van der Waals surface area contributed by atoms with Crippen molar-refractivity contribution in [1.29, 1.82) is 0 Å². The Bertz CT molecular complexity index is 783. The lowest BCUT2D eigenvalue weighted by molar-refractivity contribution is 0.383. The monoisotopic (exact) mass is 418 g/mol. The second kappa shape index (κ2) is 11.1. The van der Waals surface area contributed by atoms with Crippen molar-refractivity contribution in [2.75, 3.05) is 26.0 Å². The van der Waals surface area contributed by atoms with Gasteiger partial charge in [0.05, 0.1) is 13.3 Å². The summed E-state index contributed by atoms with van der Waals surface area (Å²) in [6, 6.07) is 8.12. The van der Waals surface area contributed by atoms with E-state index >= 15 is 0 Å². The number of guanidine groups is 1. The van der Waals surface area contributed by atoms with Gasteiger partial charge in [-0.2, -0.15) is 0 Å². The Labute approximate surface area is 178 Å². The van der Waals surface area contributed by atoms with E-state index in [0.29, 0.717) is 18.4 Å². The fraction of sp³-hybridized carbons (Fsp3) is 0.545. The number of hydrogen-bond donors (Lipinski definition) is 2. The third-order valence-electron chi connectivity index (χ3n) is 4.22. The van der Waals surface area contributed by atoms with E-state index in [4.69, 9.17) is 9.15 Å². The minimum atomic E-state index is -0.0494. The van der Waals surface area contributed by atoms with Crippen molar-refractivity contribution in [1.82, 2.24) is 15.6 Å². The molecular weight excluding hydrogens is 384 g/mol. The molecule has 160 valence electrons. The van der Waals surface area contributed by atoms with Gasteiger partial charge in [0.25, 0.3) is 0 Å². The van der Waals surface area contributed by atoms with Gasteiger partial charge >= 0.3 is 0 Å². The SMILES string of the molecule is CCNC(=NCc1ncc(C(C)(C)C)o1)NCC(C)CSc1ccccc1OC. The van der Waals surface area contributed by atoms with Gasteiger partial charge in [-0.25, -0.2) is 9.98 Å². The third-order valence-corrected chi connectivity index (χ3v) is 5.60. The molecule has 1 aromatic carbocycles. The van der Waals surface area contributed by atoms with E-state index < -0.39 is 0 Å². The molecule has 0 amide bonds. The van der Waals surface area contributed by atoms with Crippen LogP contribution in [0.2, 0.25) is 0 Å². The number of aliphatic imine (C=N–C) groups is 1. The largest absolute Gasteiger partial charge is 0.496 e. The van der Waals surface area contributed by atoms with E-state index in [1.54, 1.807) is 13.3 Å². The van der Waals surface area contributed by atoms with Gasteiger partial charge in [0.2, 0.25) is 5.89 Å². The number of nitrogens with zero attached hydrogens (tertiary/aromatic N) is 2. The number of methoxy groups -OCH3 is 1. The normalized spacial score (nSPS) is 13.2. The molecule has 0 aliphatic rings. The number of para-hydroxylation sites is 1. The highest BCUT2D eigenvalue weighted by Crippen LogP contribution is 2.29. The molecule has 7 heteroatoms. The molecule has 1 heterocycles. The van der Waals surface area contributed by atoms with Gasteiger partial charge in [0.15, 0.2) is 5.96 Å². The Morgan fingerprint density at radius 3 is 2.69 bits per heavy atom. The third kappa shape index (κ3) is 7.65. The summed E-state index contributed by atoms with van der Waals surface area (Å²) in [4.78, 5) is 10.1. The molecule has 0 saturated carbocycles. The van der Waals surface area contributed by atoms with Crippen molar-refractivity contribution in [2.24, 2.45) is 10.9 Å². The zero-order chi connectivity index (χ0) is 21.3. The average Bonchev–Trinajstić information content (AvgIpc) is 3.18. The first-order valence-electron chi connectivity index (χ1n) is 10.1. The van der Waals surface area contributed by atoms with Crippen LogP contribution in [-0.4, -0.2) is 36.9 Å². The molecule has 0 spiro atoms. The van der Waals surface area contributed by atoms with Crippen LogP contribution in [0.25, 0.3) is 0 Å². The second-order valence-electron chi connectivity index (χ2n) is 8.01. The Hall–Kier alpha value is -2.15. The van der Waals surface area contributed by atoms with Gasteiger partial charge in [-0.05, 0) is 25.0 Å². The van der Waals surface area contributed by atoms with Crippen molar-refractivity contribution in [3.05, 3.63) is 42.1 Å². The topological polar surface area (TPSA) is 71.7 Å². The zero-order valence-electron chi connectivity index (χ0n) is 18.4. The van der Waals surface area contributed by atoms with Crippen LogP contribution in [0.3, 0.4) is 0 Å². The summed E-state index contributed by atoms with van der Waals surface area (Å²) in [5.41, 5.74) is -0.0494. The minimum absolute atomic E-state index is 0.0494. The number of rotatable bonds is 9. The number of hydrogen-bond acceptors (Lipinski definition) is 5. The highest BCUT2D eigenvalue weighted by molar-refractivity contribution is 7.99. The van der Waals surface area contributed by atoms with Crippen LogP contribution in [-0.2, 0) is 12.0 Å². The fourth-order valence-corrected chi connectivity index (χ4v) is 3.57. The molecule has 29 heavy (non-hydrogen) atoms. The van der Waals surface area contributed by atoms with Crippen molar-refractivity contribution < 1.29 is 9.15 Å². The van der Waals surface area contributed by atoms with E-state index in [9.17, 15) is 0 Å². The van der Waals surface area contributed by atoms with Gasteiger partial charge in [-0.15, -0.1) is 11.8 Å². The van der Waals surface area contributed by atoms with Gasteiger partial charge in [-0.3, -0.25) is 0 Å². The minimum Gasteiger partial charge on any atom is -0.496 e. The number of aromatic nitrogens is 1. The molecule has 0 fully saturated rings. The van der Waals surface area contributed by atoms with E-state index in [2.05, 4.69) is 61.3 Å². The Morgan fingerprint density at radius 2 is 2.03 bits per heavy atom. The standard InChI is InChI=1S/C22H34N4O2S/c1-7-23-21(26-14-20-24-13-19(28-20)22(3,4)5)25-12-16(2)15-29-18-11-9-8-10-17(18)27-6/h8-11,13,16H,7,12,14-15H2,1-6H3,(H2,23,25,26). The average molecular weight is 419 g/mol.